The average Bonchev–Trinajstić information content (AvgIpc) is 2.66. The van der Waals surface area contributed by atoms with Gasteiger partial charge in [-0.2, -0.15) is 0 Å². The van der Waals surface area contributed by atoms with E-state index in [-0.39, 0.29) is 0 Å². The van der Waals surface area contributed by atoms with Crippen molar-refractivity contribution >= 4 is 22.9 Å². The van der Waals surface area contributed by atoms with E-state index in [4.69, 9.17) is 0 Å². The molecule has 0 saturated heterocycles. The van der Waals surface area contributed by atoms with Crippen LogP contribution in [0.1, 0.15) is 11.3 Å². The zero-order chi connectivity index (χ0) is 10.3. The Bertz CT molecular complexity index is 489. The molecule has 1 aliphatic rings. The second kappa shape index (κ2) is 3.58. The maximum atomic E-state index is 3.53. The molecule has 2 heterocycles. The molecule has 0 unspecified atom stereocenters. The van der Waals surface area contributed by atoms with Gasteiger partial charge in [-0.1, -0.05) is 30.1 Å². The quantitative estimate of drug-likeness (QED) is 0.742. The summed E-state index contributed by atoms with van der Waals surface area (Å²) in [5.41, 5.74) is 4.21. The van der Waals surface area contributed by atoms with Crippen LogP contribution in [-0.2, 0) is 13.0 Å². The SMILES string of the molecule is CSN1CCc2c([nH]c3ccccc23)C1. The molecule has 1 aromatic carbocycles. The molecule has 2 aromatic rings. The van der Waals surface area contributed by atoms with Crippen LogP contribution in [-0.4, -0.2) is 22.1 Å². The molecule has 0 amide bonds. The summed E-state index contributed by atoms with van der Waals surface area (Å²) in [7, 11) is 0. The summed E-state index contributed by atoms with van der Waals surface area (Å²) >= 11 is 1.83. The minimum Gasteiger partial charge on any atom is -0.357 e. The highest BCUT2D eigenvalue weighted by Gasteiger charge is 2.19. The number of nitrogens with one attached hydrogen (secondary N) is 1. The monoisotopic (exact) mass is 218 g/mol. The number of benzene rings is 1. The van der Waals surface area contributed by atoms with E-state index in [1.807, 2.05) is 11.9 Å². The second-order valence-electron chi connectivity index (χ2n) is 3.92. The number of hydrogen-bond acceptors (Lipinski definition) is 2. The molecule has 1 aromatic heterocycles. The van der Waals surface area contributed by atoms with Crippen LogP contribution in [0.2, 0.25) is 0 Å². The van der Waals surface area contributed by atoms with Gasteiger partial charge in [0.2, 0.25) is 0 Å². The molecule has 0 aliphatic carbocycles. The average molecular weight is 218 g/mol. The van der Waals surface area contributed by atoms with E-state index in [9.17, 15) is 0 Å². The number of H-pyrrole nitrogens is 1. The number of para-hydroxylation sites is 1. The van der Waals surface area contributed by atoms with E-state index < -0.39 is 0 Å². The molecular weight excluding hydrogens is 204 g/mol. The number of nitrogens with zero attached hydrogens (tertiary/aromatic N) is 1. The van der Waals surface area contributed by atoms with Crippen molar-refractivity contribution in [1.29, 1.82) is 0 Å². The molecule has 78 valence electrons. The molecule has 0 fully saturated rings. The third-order valence-electron chi connectivity index (χ3n) is 3.11. The van der Waals surface area contributed by atoms with Crippen molar-refractivity contribution in [2.45, 2.75) is 13.0 Å². The van der Waals surface area contributed by atoms with Gasteiger partial charge in [0.15, 0.2) is 0 Å². The first-order valence-electron chi connectivity index (χ1n) is 5.26. The molecule has 0 atom stereocenters. The Kier molecular flexibility index (Phi) is 2.22. The Labute approximate surface area is 93.8 Å². The normalized spacial score (nSPS) is 16.9. The molecule has 2 nitrogen and oxygen atoms in total. The highest BCUT2D eigenvalue weighted by molar-refractivity contribution is 7.96. The lowest BCUT2D eigenvalue weighted by molar-refractivity contribution is 0.442. The standard InChI is InChI=1S/C12H14N2S/c1-15-14-7-6-10-9-4-2-3-5-11(9)13-12(10)8-14/h2-5,13H,6-8H2,1H3. The topological polar surface area (TPSA) is 19.0 Å². The van der Waals surface area contributed by atoms with Gasteiger partial charge in [0.1, 0.15) is 0 Å². The van der Waals surface area contributed by atoms with E-state index in [0.717, 1.165) is 13.1 Å². The van der Waals surface area contributed by atoms with Crippen LogP contribution < -0.4 is 0 Å². The molecule has 3 rings (SSSR count). The Morgan fingerprint density at radius 1 is 1.33 bits per heavy atom. The first-order chi connectivity index (χ1) is 7.38. The third-order valence-corrected chi connectivity index (χ3v) is 3.93. The summed E-state index contributed by atoms with van der Waals surface area (Å²) in [4.78, 5) is 3.53. The van der Waals surface area contributed by atoms with E-state index in [1.165, 1.54) is 28.6 Å². The highest BCUT2D eigenvalue weighted by Crippen LogP contribution is 2.29. The summed E-state index contributed by atoms with van der Waals surface area (Å²) < 4.78 is 2.40. The predicted octanol–water partition coefficient (Wildman–Crippen LogP) is 2.80. The van der Waals surface area contributed by atoms with E-state index in [0.29, 0.717) is 0 Å². The lowest BCUT2D eigenvalue weighted by atomic mass is 10.1. The molecule has 15 heavy (non-hydrogen) atoms. The minimum atomic E-state index is 1.05. The van der Waals surface area contributed by atoms with Gasteiger partial charge < -0.3 is 4.98 Å². The first-order valence-corrected chi connectivity index (χ1v) is 6.44. The summed E-state index contributed by atoms with van der Waals surface area (Å²) in [6.45, 7) is 2.21. The third kappa shape index (κ3) is 1.46. The summed E-state index contributed by atoms with van der Waals surface area (Å²) in [5.74, 6) is 0. The van der Waals surface area contributed by atoms with Gasteiger partial charge in [-0.3, -0.25) is 0 Å². The minimum absolute atomic E-state index is 1.05. The number of aromatic nitrogens is 1. The maximum Gasteiger partial charge on any atom is 0.0495 e. The zero-order valence-corrected chi connectivity index (χ0v) is 9.60. The Hall–Kier alpha value is -0.930. The van der Waals surface area contributed by atoms with E-state index in [2.05, 4.69) is 39.8 Å². The van der Waals surface area contributed by atoms with Crippen molar-refractivity contribution in [3.05, 3.63) is 35.5 Å². The van der Waals surface area contributed by atoms with Gasteiger partial charge in [-0.25, -0.2) is 4.31 Å². The Morgan fingerprint density at radius 3 is 3.07 bits per heavy atom. The molecular formula is C12H14N2S. The fourth-order valence-corrected chi connectivity index (χ4v) is 2.86. The van der Waals surface area contributed by atoms with Crippen molar-refractivity contribution in [2.75, 3.05) is 12.8 Å². The number of hydrogen-bond donors (Lipinski definition) is 1. The predicted molar refractivity (Wildman–Crippen MR) is 65.9 cm³/mol. The molecule has 0 radical (unpaired) electrons. The van der Waals surface area contributed by atoms with Crippen LogP contribution in [0.5, 0.6) is 0 Å². The summed E-state index contributed by atoms with van der Waals surface area (Å²) in [6, 6.07) is 8.60. The first kappa shape index (κ1) is 9.31. The van der Waals surface area contributed by atoms with Crippen LogP contribution in [0.4, 0.5) is 0 Å². The molecule has 0 saturated carbocycles. The van der Waals surface area contributed by atoms with Crippen LogP contribution in [0, 0.1) is 0 Å². The largest absolute Gasteiger partial charge is 0.357 e. The summed E-state index contributed by atoms with van der Waals surface area (Å²) in [5, 5.41) is 1.41. The number of fused-ring (bicyclic) bond motifs is 3. The van der Waals surface area contributed by atoms with E-state index in [1.54, 1.807) is 0 Å². The van der Waals surface area contributed by atoms with Crippen LogP contribution in [0.15, 0.2) is 24.3 Å². The van der Waals surface area contributed by atoms with Crippen LogP contribution in [0.25, 0.3) is 10.9 Å². The van der Waals surface area contributed by atoms with Gasteiger partial charge in [0.25, 0.3) is 0 Å². The molecule has 3 heteroatoms. The molecule has 0 bridgehead atoms. The van der Waals surface area contributed by atoms with Crippen LogP contribution >= 0.6 is 11.9 Å². The highest BCUT2D eigenvalue weighted by atomic mass is 32.2. The van der Waals surface area contributed by atoms with Crippen molar-refractivity contribution in [3.8, 4) is 0 Å². The Morgan fingerprint density at radius 2 is 2.20 bits per heavy atom. The lowest BCUT2D eigenvalue weighted by Gasteiger charge is -2.24. The van der Waals surface area contributed by atoms with Crippen molar-refractivity contribution in [2.24, 2.45) is 0 Å². The summed E-state index contributed by atoms with van der Waals surface area (Å²) in [6.07, 6.45) is 3.31. The van der Waals surface area contributed by atoms with Gasteiger partial charge >= 0.3 is 0 Å². The second-order valence-corrected chi connectivity index (χ2v) is 4.81. The smallest absolute Gasteiger partial charge is 0.0495 e. The fraction of sp³-hybridized carbons (Fsp3) is 0.333. The molecule has 1 N–H and O–H groups in total. The zero-order valence-electron chi connectivity index (χ0n) is 8.79. The Balaban J connectivity index is 2.12. The van der Waals surface area contributed by atoms with Crippen molar-refractivity contribution in [3.63, 3.8) is 0 Å². The lowest BCUT2D eigenvalue weighted by Crippen LogP contribution is -2.23. The molecule has 1 aliphatic heterocycles. The van der Waals surface area contributed by atoms with Crippen LogP contribution in [0.3, 0.4) is 0 Å². The number of aromatic amines is 1. The van der Waals surface area contributed by atoms with Gasteiger partial charge in [-0.05, 0) is 24.3 Å². The van der Waals surface area contributed by atoms with Gasteiger partial charge in [0.05, 0.1) is 0 Å². The maximum absolute atomic E-state index is 3.53. The van der Waals surface area contributed by atoms with Gasteiger partial charge in [0, 0.05) is 29.7 Å². The fourth-order valence-electron chi connectivity index (χ4n) is 2.32. The van der Waals surface area contributed by atoms with Crippen molar-refractivity contribution in [1.82, 2.24) is 9.29 Å². The number of rotatable bonds is 1. The van der Waals surface area contributed by atoms with E-state index >= 15 is 0 Å². The molecule has 0 spiro atoms. The van der Waals surface area contributed by atoms with Crippen molar-refractivity contribution < 1.29 is 0 Å². The van der Waals surface area contributed by atoms with Gasteiger partial charge in [-0.15, -0.1) is 0 Å².